The first-order valence-corrected chi connectivity index (χ1v) is 11.5. The lowest BCUT2D eigenvalue weighted by Crippen LogP contribution is -2.22. The SMILES string of the molecule is COc1cc(NC(=O)CCCc2ccc(OC(=O)C3CCCCC3)cc2)c(Cl)cc1CO. The number of halogens is 1. The number of anilines is 1. The number of benzene rings is 2. The topological polar surface area (TPSA) is 84.9 Å². The van der Waals surface area contributed by atoms with Crippen LogP contribution in [-0.2, 0) is 22.6 Å². The van der Waals surface area contributed by atoms with Gasteiger partial charge in [-0.05, 0) is 49.4 Å². The summed E-state index contributed by atoms with van der Waals surface area (Å²) in [5, 5.41) is 12.5. The van der Waals surface area contributed by atoms with Gasteiger partial charge in [-0.1, -0.05) is 43.0 Å². The molecule has 0 bridgehead atoms. The second-order valence-corrected chi connectivity index (χ2v) is 8.51. The molecule has 1 saturated carbocycles. The number of carbonyl (C=O) groups is 2. The monoisotopic (exact) mass is 459 g/mol. The summed E-state index contributed by atoms with van der Waals surface area (Å²) in [4.78, 5) is 24.6. The first-order valence-electron chi connectivity index (χ1n) is 11.1. The number of aryl methyl sites for hydroxylation is 1. The molecule has 1 fully saturated rings. The molecule has 0 spiro atoms. The highest BCUT2D eigenvalue weighted by Crippen LogP contribution is 2.31. The first kappa shape index (κ1) is 24.1. The van der Waals surface area contributed by atoms with Crippen LogP contribution in [0, 0.1) is 5.92 Å². The largest absolute Gasteiger partial charge is 0.496 e. The number of aliphatic hydroxyl groups is 1. The molecule has 172 valence electrons. The molecule has 6 nitrogen and oxygen atoms in total. The Labute approximate surface area is 193 Å². The van der Waals surface area contributed by atoms with Crippen LogP contribution < -0.4 is 14.8 Å². The predicted molar refractivity (Wildman–Crippen MR) is 124 cm³/mol. The maximum absolute atomic E-state index is 12.3. The van der Waals surface area contributed by atoms with Crippen LogP contribution in [0.4, 0.5) is 5.69 Å². The van der Waals surface area contributed by atoms with E-state index >= 15 is 0 Å². The molecule has 2 aromatic carbocycles. The molecule has 0 heterocycles. The van der Waals surface area contributed by atoms with Crippen molar-refractivity contribution in [1.29, 1.82) is 0 Å². The van der Waals surface area contributed by atoms with Gasteiger partial charge in [0.25, 0.3) is 0 Å². The Balaban J connectivity index is 1.45. The highest BCUT2D eigenvalue weighted by atomic mass is 35.5. The molecule has 0 radical (unpaired) electrons. The smallest absolute Gasteiger partial charge is 0.314 e. The van der Waals surface area contributed by atoms with E-state index in [2.05, 4.69) is 5.32 Å². The Morgan fingerprint density at radius 1 is 1.12 bits per heavy atom. The standard InChI is InChI=1S/C25H30ClNO5/c1-31-23-15-22(21(26)14-19(23)16-28)27-24(29)9-5-6-17-10-12-20(13-11-17)32-25(30)18-7-3-2-4-8-18/h10-15,18,28H,2-9,16H2,1H3,(H,27,29). The number of amides is 1. The lowest BCUT2D eigenvalue weighted by molar-refractivity contribution is -0.140. The van der Waals surface area contributed by atoms with E-state index in [1.54, 1.807) is 12.1 Å². The van der Waals surface area contributed by atoms with Crippen molar-refractivity contribution in [3.63, 3.8) is 0 Å². The van der Waals surface area contributed by atoms with Gasteiger partial charge in [0.2, 0.25) is 5.91 Å². The molecule has 1 amide bonds. The van der Waals surface area contributed by atoms with E-state index in [4.69, 9.17) is 21.1 Å². The van der Waals surface area contributed by atoms with Crippen molar-refractivity contribution >= 4 is 29.2 Å². The van der Waals surface area contributed by atoms with Crippen LogP contribution in [0.1, 0.15) is 56.1 Å². The summed E-state index contributed by atoms with van der Waals surface area (Å²) < 4.78 is 10.7. The third-order valence-electron chi connectivity index (χ3n) is 5.76. The van der Waals surface area contributed by atoms with Gasteiger partial charge in [0.1, 0.15) is 11.5 Å². The Morgan fingerprint density at radius 3 is 2.50 bits per heavy atom. The van der Waals surface area contributed by atoms with E-state index in [-0.39, 0.29) is 24.4 Å². The van der Waals surface area contributed by atoms with Crippen molar-refractivity contribution in [2.45, 2.75) is 58.0 Å². The minimum absolute atomic E-state index is 0.0234. The molecule has 7 heteroatoms. The normalized spacial score (nSPS) is 14.1. The molecule has 2 aromatic rings. The van der Waals surface area contributed by atoms with Gasteiger partial charge >= 0.3 is 5.97 Å². The second-order valence-electron chi connectivity index (χ2n) is 8.10. The van der Waals surface area contributed by atoms with Crippen LogP contribution in [0.3, 0.4) is 0 Å². The number of nitrogens with one attached hydrogen (secondary N) is 1. The third kappa shape index (κ3) is 6.71. The van der Waals surface area contributed by atoms with E-state index in [9.17, 15) is 14.7 Å². The Bertz CT molecular complexity index is 923. The maximum atomic E-state index is 12.3. The number of ether oxygens (including phenoxy) is 2. The molecular weight excluding hydrogens is 430 g/mol. The van der Waals surface area contributed by atoms with Crippen LogP contribution in [0.5, 0.6) is 11.5 Å². The quantitative estimate of drug-likeness (QED) is 0.393. The highest BCUT2D eigenvalue weighted by Gasteiger charge is 2.22. The summed E-state index contributed by atoms with van der Waals surface area (Å²) in [6.07, 6.45) is 6.96. The minimum atomic E-state index is -0.199. The molecule has 1 aliphatic carbocycles. The van der Waals surface area contributed by atoms with Crippen molar-refractivity contribution in [2.24, 2.45) is 5.92 Å². The van der Waals surface area contributed by atoms with Gasteiger partial charge in [0, 0.05) is 18.1 Å². The summed E-state index contributed by atoms with van der Waals surface area (Å²) >= 11 is 6.19. The van der Waals surface area contributed by atoms with E-state index in [0.717, 1.165) is 37.7 Å². The van der Waals surface area contributed by atoms with Crippen LogP contribution in [-0.4, -0.2) is 24.1 Å². The number of esters is 1. The average molecular weight is 460 g/mol. The van der Waals surface area contributed by atoms with Gasteiger partial charge < -0.3 is 19.9 Å². The van der Waals surface area contributed by atoms with Gasteiger partial charge in [-0.2, -0.15) is 0 Å². The Hall–Kier alpha value is -2.57. The molecule has 0 atom stereocenters. The van der Waals surface area contributed by atoms with E-state index in [1.807, 2.05) is 24.3 Å². The van der Waals surface area contributed by atoms with E-state index in [1.165, 1.54) is 13.5 Å². The van der Waals surface area contributed by atoms with Crippen LogP contribution in [0.15, 0.2) is 36.4 Å². The highest BCUT2D eigenvalue weighted by molar-refractivity contribution is 6.33. The molecule has 32 heavy (non-hydrogen) atoms. The molecule has 3 rings (SSSR count). The van der Waals surface area contributed by atoms with E-state index < -0.39 is 0 Å². The van der Waals surface area contributed by atoms with Gasteiger partial charge in [-0.15, -0.1) is 0 Å². The van der Waals surface area contributed by atoms with Gasteiger partial charge in [0.15, 0.2) is 0 Å². The fraction of sp³-hybridized carbons (Fsp3) is 0.440. The molecular formula is C25H30ClNO5. The molecule has 0 unspecified atom stereocenters. The van der Waals surface area contributed by atoms with Crippen LogP contribution >= 0.6 is 11.6 Å². The molecule has 0 aliphatic heterocycles. The van der Waals surface area contributed by atoms with Gasteiger partial charge in [-0.3, -0.25) is 9.59 Å². The van der Waals surface area contributed by atoms with Crippen molar-refractivity contribution in [3.8, 4) is 11.5 Å². The van der Waals surface area contributed by atoms with Crippen LogP contribution in [0.2, 0.25) is 5.02 Å². The molecule has 0 aromatic heterocycles. The predicted octanol–water partition coefficient (Wildman–Crippen LogP) is 5.29. The van der Waals surface area contributed by atoms with Crippen molar-refractivity contribution in [2.75, 3.05) is 12.4 Å². The average Bonchev–Trinajstić information content (AvgIpc) is 2.81. The fourth-order valence-corrected chi connectivity index (χ4v) is 4.17. The summed E-state index contributed by atoms with van der Waals surface area (Å²) in [5.74, 6) is 0.781. The zero-order valence-corrected chi connectivity index (χ0v) is 19.1. The number of hydrogen-bond acceptors (Lipinski definition) is 5. The summed E-state index contributed by atoms with van der Waals surface area (Å²) in [6.45, 7) is -0.199. The second kappa shape index (κ2) is 11.9. The number of carbonyl (C=O) groups excluding carboxylic acids is 2. The third-order valence-corrected chi connectivity index (χ3v) is 6.08. The van der Waals surface area contributed by atoms with Gasteiger partial charge in [-0.25, -0.2) is 0 Å². The van der Waals surface area contributed by atoms with Crippen molar-refractivity contribution < 1.29 is 24.2 Å². The van der Waals surface area contributed by atoms with Crippen molar-refractivity contribution in [1.82, 2.24) is 0 Å². The number of aliphatic hydroxyl groups excluding tert-OH is 1. The first-order chi connectivity index (χ1) is 15.5. The maximum Gasteiger partial charge on any atom is 0.314 e. The fourth-order valence-electron chi connectivity index (χ4n) is 3.93. The van der Waals surface area contributed by atoms with E-state index in [0.29, 0.717) is 40.6 Å². The van der Waals surface area contributed by atoms with Crippen molar-refractivity contribution in [3.05, 3.63) is 52.5 Å². The molecule has 2 N–H and O–H groups in total. The zero-order valence-electron chi connectivity index (χ0n) is 18.4. The molecule has 0 saturated heterocycles. The zero-order chi connectivity index (χ0) is 22.9. The number of rotatable bonds is 9. The van der Waals surface area contributed by atoms with Crippen LogP contribution in [0.25, 0.3) is 0 Å². The summed E-state index contributed by atoms with van der Waals surface area (Å²) in [7, 11) is 1.50. The lowest BCUT2D eigenvalue weighted by atomic mass is 9.89. The molecule has 1 aliphatic rings. The Kier molecular flexibility index (Phi) is 8.94. The summed E-state index contributed by atoms with van der Waals surface area (Å²) in [5.41, 5.74) is 2.08. The minimum Gasteiger partial charge on any atom is -0.496 e. The summed E-state index contributed by atoms with van der Waals surface area (Å²) in [6, 6.07) is 10.7. The number of hydrogen-bond donors (Lipinski definition) is 2. The van der Waals surface area contributed by atoms with Gasteiger partial charge in [0.05, 0.1) is 30.3 Å². The lowest BCUT2D eigenvalue weighted by Gasteiger charge is -2.19. The Morgan fingerprint density at radius 2 is 1.84 bits per heavy atom. The number of methoxy groups -OCH3 is 1.